The van der Waals surface area contributed by atoms with Gasteiger partial charge in [-0.05, 0) is 98.2 Å². The number of halogens is 2. The van der Waals surface area contributed by atoms with Crippen LogP contribution in [0.3, 0.4) is 0 Å². The van der Waals surface area contributed by atoms with Crippen LogP contribution in [0.15, 0.2) is 48.5 Å². The summed E-state index contributed by atoms with van der Waals surface area (Å²) in [6.45, 7) is 2.88. The number of carboxylic acids is 2. The Morgan fingerprint density at radius 3 is 1.12 bits per heavy atom. The number of fused-ring (bicyclic) bond motifs is 2. The number of quaternary nitrogens is 2. The van der Waals surface area contributed by atoms with Gasteiger partial charge in [-0.2, -0.15) is 0 Å². The Morgan fingerprint density at radius 2 is 0.811 bits per heavy atom. The van der Waals surface area contributed by atoms with Gasteiger partial charge in [0.1, 0.15) is 12.1 Å². The molecule has 410 valence electrons. The van der Waals surface area contributed by atoms with Crippen molar-refractivity contribution in [1.82, 2.24) is 0 Å². The molecule has 4 aromatic carbocycles. The zero-order chi connectivity index (χ0) is 52.4. The third-order valence-corrected chi connectivity index (χ3v) is 15.6. The Labute approximate surface area is 450 Å². The van der Waals surface area contributed by atoms with E-state index < -0.39 is 17.4 Å². The van der Waals surface area contributed by atoms with Crippen molar-refractivity contribution in [2.45, 2.75) is 82.7 Å². The van der Waals surface area contributed by atoms with E-state index in [-0.39, 0.29) is 43.3 Å². The zero-order valence-electron chi connectivity index (χ0n) is 45.3. The van der Waals surface area contributed by atoms with Gasteiger partial charge in [-0.15, -0.1) is 0 Å². The van der Waals surface area contributed by atoms with E-state index in [1.807, 2.05) is 24.3 Å². The number of benzene rings is 4. The third-order valence-electron chi connectivity index (χ3n) is 15.6. The highest BCUT2D eigenvalue weighted by atomic mass is 35.5. The molecule has 2 aliphatic heterocycles. The monoisotopic (exact) mass is 1070 g/mol. The van der Waals surface area contributed by atoms with E-state index in [0.29, 0.717) is 131 Å². The smallest absolute Gasteiger partial charge is 0.309 e. The Hall–Kier alpha value is -5.68. The summed E-state index contributed by atoms with van der Waals surface area (Å²) in [5.74, 6) is 4.03. The number of ether oxygens (including phenoxy) is 10. The second kappa shape index (κ2) is 26.7. The molecule has 18 heteroatoms. The first-order valence-corrected chi connectivity index (χ1v) is 24.8. The summed E-state index contributed by atoms with van der Waals surface area (Å²) in [5.41, 5.74) is 5.29. The maximum Gasteiger partial charge on any atom is 0.309 e. The largest absolute Gasteiger partial charge is 1.00 e. The molecule has 1 unspecified atom stereocenters. The fraction of sp³-hybridized carbons (Fsp3) is 0.536. The molecule has 0 amide bonds. The average Bonchev–Trinajstić information content (AvgIpc) is 3.38. The van der Waals surface area contributed by atoms with Crippen LogP contribution >= 0.6 is 0 Å². The summed E-state index contributed by atoms with van der Waals surface area (Å²) in [6.07, 6.45) is 5.86. The van der Waals surface area contributed by atoms with Crippen LogP contribution in [0, 0.1) is 5.41 Å². The van der Waals surface area contributed by atoms with Gasteiger partial charge in [0.15, 0.2) is 46.0 Å². The van der Waals surface area contributed by atoms with E-state index in [2.05, 4.69) is 38.4 Å². The summed E-state index contributed by atoms with van der Waals surface area (Å²) < 4.78 is 59.3. The number of methoxy groups -OCH3 is 10. The summed E-state index contributed by atoms with van der Waals surface area (Å²) in [6, 6.07) is 15.9. The summed E-state index contributed by atoms with van der Waals surface area (Å²) >= 11 is 0. The summed E-state index contributed by atoms with van der Waals surface area (Å²) in [7, 11) is 20.7. The lowest BCUT2D eigenvalue weighted by Crippen LogP contribution is -3.00. The fourth-order valence-electron chi connectivity index (χ4n) is 11.7. The van der Waals surface area contributed by atoms with E-state index in [4.69, 9.17) is 47.4 Å². The van der Waals surface area contributed by atoms with Crippen LogP contribution in [0.4, 0.5) is 0 Å². The Bertz CT molecular complexity index is 2340. The predicted molar refractivity (Wildman–Crippen MR) is 273 cm³/mol. The minimum atomic E-state index is -1.07. The van der Waals surface area contributed by atoms with Gasteiger partial charge in [0, 0.05) is 41.5 Å². The SMILES string of the molecule is COc1cc2c(cc1OC)[C@@H](c1cc(OC)c(OC)c(OC)c1)[N@@+](C)(CCCC(CCCCCC(=O)O)(CCC[N@+]1(C)CCc3cc(OC)c(OC)cc3[C@H]1c1cc(OC)c(OC)c(OC)c1)C(=O)O)CC2.[Cl-].[Cl-]. The fourth-order valence-corrected chi connectivity index (χ4v) is 11.7. The lowest BCUT2D eigenvalue weighted by atomic mass is 9.74. The van der Waals surface area contributed by atoms with Gasteiger partial charge in [-0.3, -0.25) is 9.59 Å². The quantitative estimate of drug-likeness (QED) is 0.0660. The molecule has 74 heavy (non-hydrogen) atoms. The van der Waals surface area contributed by atoms with Crippen LogP contribution in [0.1, 0.15) is 103 Å². The molecule has 2 N–H and O–H groups in total. The van der Waals surface area contributed by atoms with Gasteiger partial charge in [-0.1, -0.05) is 12.8 Å². The van der Waals surface area contributed by atoms with Crippen LogP contribution in [-0.4, -0.2) is 142 Å². The van der Waals surface area contributed by atoms with Crippen molar-refractivity contribution in [3.05, 3.63) is 81.9 Å². The highest BCUT2D eigenvalue weighted by molar-refractivity contribution is 5.74. The van der Waals surface area contributed by atoms with Gasteiger partial charge in [0.05, 0.1) is 117 Å². The van der Waals surface area contributed by atoms with E-state index in [9.17, 15) is 19.8 Å². The minimum Gasteiger partial charge on any atom is -1.00 e. The normalized spacial score (nSPS) is 19.4. The number of rotatable bonds is 27. The van der Waals surface area contributed by atoms with Crippen molar-refractivity contribution < 1.29 is 101 Å². The van der Waals surface area contributed by atoms with Crippen LogP contribution in [0.5, 0.6) is 57.5 Å². The number of hydrogen-bond donors (Lipinski definition) is 2. The van der Waals surface area contributed by atoms with Gasteiger partial charge >= 0.3 is 11.9 Å². The predicted octanol–water partition coefficient (Wildman–Crippen LogP) is 3.33. The Balaban J connectivity index is 0.00000593. The first-order valence-electron chi connectivity index (χ1n) is 24.8. The molecular formula is C56H78Cl2N2O14. The standard InChI is InChI=1S/C56H76N2O14.2ClH/c1-57(26-19-36-28-42(63-3)44(65-5)34-40(36)51(57)38-30-46(67-7)53(71-11)47(31-38)68-8)24-16-22-56(55(61)62,21-15-13-14-18-50(59)60)23-17-25-58(2)27-20-37-29-43(64-4)45(66-6)35-41(37)52(58)39-32-48(69-9)54(72-12)49(33-39)70-10;;/h28-35,51-52H,13-27H2,1-12H3;2*1H/t51-,52-,56?,57-,58+;;/m1../s1. The van der Waals surface area contributed by atoms with E-state index in [0.717, 1.165) is 59.3 Å². The van der Waals surface area contributed by atoms with E-state index in [1.54, 1.807) is 71.1 Å². The van der Waals surface area contributed by atoms with Crippen molar-refractivity contribution in [3.63, 3.8) is 0 Å². The Kier molecular flexibility index (Phi) is 22.0. The molecule has 0 spiro atoms. The van der Waals surface area contributed by atoms with Crippen LogP contribution < -0.4 is 72.2 Å². The van der Waals surface area contributed by atoms with E-state index in [1.165, 1.54) is 0 Å². The second-order valence-electron chi connectivity index (χ2n) is 19.6. The molecule has 0 radical (unpaired) electrons. The number of carboxylic acid groups (broad SMARTS) is 2. The van der Waals surface area contributed by atoms with Crippen molar-refractivity contribution in [2.75, 3.05) is 111 Å². The molecule has 0 aromatic heterocycles. The van der Waals surface area contributed by atoms with Crippen molar-refractivity contribution in [1.29, 1.82) is 0 Å². The van der Waals surface area contributed by atoms with Crippen molar-refractivity contribution in [3.8, 4) is 57.5 Å². The second-order valence-corrected chi connectivity index (χ2v) is 19.6. The highest BCUT2D eigenvalue weighted by Gasteiger charge is 2.46. The number of aliphatic carboxylic acids is 2. The molecule has 0 bridgehead atoms. The number of nitrogens with zero attached hydrogens (tertiary/aromatic N) is 2. The number of hydrogen-bond acceptors (Lipinski definition) is 12. The molecule has 5 atom stereocenters. The molecule has 4 aromatic rings. The summed E-state index contributed by atoms with van der Waals surface area (Å²) in [4.78, 5) is 25.5. The first-order chi connectivity index (χ1) is 34.6. The van der Waals surface area contributed by atoms with Gasteiger partial charge in [0.2, 0.25) is 11.5 Å². The average molecular weight is 1070 g/mol. The molecule has 16 nitrogen and oxygen atoms in total. The maximum atomic E-state index is 14.0. The third kappa shape index (κ3) is 12.7. The lowest BCUT2D eigenvalue weighted by molar-refractivity contribution is -0.936. The first kappa shape index (κ1) is 60.9. The molecule has 0 saturated carbocycles. The van der Waals surface area contributed by atoms with E-state index >= 15 is 0 Å². The van der Waals surface area contributed by atoms with Gasteiger partial charge in [-0.25, -0.2) is 0 Å². The van der Waals surface area contributed by atoms with Crippen LogP contribution in [0.2, 0.25) is 0 Å². The van der Waals surface area contributed by atoms with Crippen LogP contribution in [-0.2, 0) is 22.4 Å². The zero-order valence-corrected chi connectivity index (χ0v) is 46.8. The molecule has 0 aliphatic carbocycles. The molecular weight excluding hydrogens is 996 g/mol. The molecule has 2 heterocycles. The molecule has 0 saturated heterocycles. The maximum absolute atomic E-state index is 14.0. The number of unbranched alkanes of at least 4 members (excludes halogenated alkanes) is 2. The van der Waals surface area contributed by atoms with Crippen LogP contribution in [0.25, 0.3) is 0 Å². The highest BCUT2D eigenvalue weighted by Crippen LogP contribution is 2.51. The number of likely N-dealkylation sites (N-methyl/N-ethyl adjacent to an activating group) is 2. The Morgan fingerprint density at radius 1 is 0.473 bits per heavy atom. The van der Waals surface area contributed by atoms with Crippen molar-refractivity contribution >= 4 is 11.9 Å². The molecule has 6 rings (SSSR count). The van der Waals surface area contributed by atoms with Gasteiger partial charge < -0.3 is 91.4 Å². The molecule has 2 aliphatic rings. The summed E-state index contributed by atoms with van der Waals surface area (Å²) in [5, 5.41) is 20.9. The number of carbonyl (C=O) groups is 2. The lowest BCUT2D eigenvalue weighted by Gasteiger charge is -2.47. The minimum absolute atomic E-state index is 0. The van der Waals surface area contributed by atoms with Gasteiger partial charge in [0.25, 0.3) is 0 Å². The van der Waals surface area contributed by atoms with Crippen molar-refractivity contribution in [2.24, 2.45) is 5.41 Å². The molecule has 0 fully saturated rings. The topological polar surface area (TPSA) is 167 Å².